The van der Waals surface area contributed by atoms with Crippen LogP contribution in [0, 0.1) is 12.3 Å². The molecule has 0 aromatic heterocycles. The van der Waals surface area contributed by atoms with Gasteiger partial charge >= 0.3 is 0 Å². The number of aliphatic hydroxyl groups is 1. The maximum Gasteiger partial charge on any atom is 0.178 e. The van der Waals surface area contributed by atoms with Gasteiger partial charge in [0.05, 0.1) is 0 Å². The molecule has 206 valence electrons. The molecular formula is C40H28O3. The van der Waals surface area contributed by atoms with E-state index >= 15 is 0 Å². The first kappa shape index (κ1) is 26.3. The minimum absolute atomic E-state index is 0.600. The summed E-state index contributed by atoms with van der Waals surface area (Å²) in [7, 11) is 0. The molecule has 2 atom stereocenters. The highest BCUT2D eigenvalue weighted by Gasteiger charge is 2.37. The second kappa shape index (κ2) is 10.7. The smallest absolute Gasteiger partial charge is 0.178 e. The molecule has 3 heteroatoms. The van der Waals surface area contributed by atoms with Crippen LogP contribution in [0.4, 0.5) is 0 Å². The lowest BCUT2D eigenvalue weighted by molar-refractivity contribution is 0.145. The first-order chi connectivity index (χ1) is 21.1. The summed E-state index contributed by atoms with van der Waals surface area (Å²) in [6, 6.07) is 47.2. The van der Waals surface area contributed by atoms with Crippen LogP contribution in [0.5, 0.6) is 17.2 Å². The van der Waals surface area contributed by atoms with E-state index in [0.717, 1.165) is 27.8 Å². The van der Waals surface area contributed by atoms with Crippen LogP contribution < -0.4 is 9.47 Å². The molecule has 0 spiro atoms. The number of terminal acetylenes is 1. The van der Waals surface area contributed by atoms with E-state index in [1.54, 1.807) is 12.1 Å². The molecule has 1 heterocycles. The van der Waals surface area contributed by atoms with Crippen molar-refractivity contribution in [2.24, 2.45) is 0 Å². The molecule has 1 aliphatic heterocycles. The third-order valence-electron chi connectivity index (χ3n) is 8.08. The third kappa shape index (κ3) is 4.65. The van der Waals surface area contributed by atoms with Crippen molar-refractivity contribution < 1.29 is 14.6 Å². The molecule has 0 saturated heterocycles. The number of benzene rings is 6. The molecule has 6 aromatic carbocycles. The number of hydrogen-bond donors (Lipinski definition) is 1. The van der Waals surface area contributed by atoms with Gasteiger partial charge in [-0.05, 0) is 53.3 Å². The molecule has 7 rings (SSSR count). The highest BCUT2D eigenvalue weighted by atomic mass is 16.5. The minimum atomic E-state index is -1.52. The quantitative estimate of drug-likeness (QED) is 0.208. The lowest BCUT2D eigenvalue weighted by Crippen LogP contribution is -2.34. The number of hydrogen-bond acceptors (Lipinski definition) is 3. The Bertz CT molecular complexity index is 1970. The first-order valence-electron chi connectivity index (χ1n) is 14.2. The maximum atomic E-state index is 11.2. The van der Waals surface area contributed by atoms with Crippen molar-refractivity contribution in [1.29, 1.82) is 0 Å². The Morgan fingerprint density at radius 2 is 1.21 bits per heavy atom. The summed E-state index contributed by atoms with van der Waals surface area (Å²) in [5.41, 5.74) is 2.02. The molecule has 3 nitrogen and oxygen atoms in total. The predicted octanol–water partition coefficient (Wildman–Crippen LogP) is 8.85. The molecule has 6 aromatic rings. The van der Waals surface area contributed by atoms with Crippen molar-refractivity contribution in [2.75, 3.05) is 0 Å². The molecule has 2 unspecified atom stereocenters. The van der Waals surface area contributed by atoms with Crippen LogP contribution in [0.2, 0.25) is 0 Å². The summed E-state index contributed by atoms with van der Waals surface area (Å²) < 4.78 is 13.1. The molecule has 0 radical (unpaired) electrons. The van der Waals surface area contributed by atoms with Gasteiger partial charge in [0, 0.05) is 27.8 Å². The Morgan fingerprint density at radius 3 is 1.91 bits per heavy atom. The Kier molecular flexibility index (Phi) is 6.55. The van der Waals surface area contributed by atoms with Gasteiger partial charge in [0.15, 0.2) is 11.2 Å². The monoisotopic (exact) mass is 556 g/mol. The van der Waals surface area contributed by atoms with E-state index in [-0.39, 0.29) is 0 Å². The van der Waals surface area contributed by atoms with E-state index in [2.05, 4.69) is 66.6 Å². The Balaban J connectivity index is 1.18. The van der Waals surface area contributed by atoms with E-state index < -0.39 is 11.2 Å². The van der Waals surface area contributed by atoms with Crippen molar-refractivity contribution in [3.63, 3.8) is 0 Å². The molecule has 0 aliphatic carbocycles. The van der Waals surface area contributed by atoms with E-state index in [1.807, 2.05) is 84.9 Å². The minimum Gasteiger partial charge on any atom is -0.473 e. The van der Waals surface area contributed by atoms with Gasteiger partial charge < -0.3 is 14.6 Å². The van der Waals surface area contributed by atoms with Gasteiger partial charge in [-0.3, -0.25) is 0 Å². The van der Waals surface area contributed by atoms with Crippen LogP contribution in [-0.4, -0.2) is 5.11 Å². The summed E-state index contributed by atoms with van der Waals surface area (Å²) in [6.45, 7) is 0. The van der Waals surface area contributed by atoms with Crippen molar-refractivity contribution in [3.05, 3.63) is 179 Å². The zero-order valence-electron chi connectivity index (χ0n) is 23.4. The zero-order chi connectivity index (χ0) is 29.3. The Morgan fingerprint density at radius 1 is 0.628 bits per heavy atom. The fraction of sp³-hybridized carbons (Fsp3) is 0.0500. The van der Waals surface area contributed by atoms with Gasteiger partial charge in [-0.1, -0.05) is 121 Å². The van der Waals surface area contributed by atoms with Crippen LogP contribution in [0.15, 0.2) is 152 Å². The number of fused-ring (bicyclic) bond motifs is 3. The fourth-order valence-corrected chi connectivity index (χ4v) is 5.79. The van der Waals surface area contributed by atoms with Crippen molar-refractivity contribution in [2.45, 2.75) is 11.2 Å². The normalized spacial score (nSPS) is 16.8. The van der Waals surface area contributed by atoms with Crippen molar-refractivity contribution in [1.82, 2.24) is 0 Å². The van der Waals surface area contributed by atoms with Gasteiger partial charge in [-0.25, -0.2) is 0 Å². The van der Waals surface area contributed by atoms with Crippen LogP contribution in [0.25, 0.3) is 16.8 Å². The average Bonchev–Trinajstić information content (AvgIpc) is 3.09. The van der Waals surface area contributed by atoms with E-state index in [4.69, 9.17) is 15.9 Å². The Labute approximate surface area is 251 Å². The number of ether oxygens (including phenoxy) is 2. The topological polar surface area (TPSA) is 38.7 Å². The summed E-state index contributed by atoms with van der Waals surface area (Å²) >= 11 is 0. The summed E-state index contributed by atoms with van der Waals surface area (Å²) in [5, 5.41) is 13.6. The predicted molar refractivity (Wildman–Crippen MR) is 172 cm³/mol. The van der Waals surface area contributed by atoms with Crippen LogP contribution >= 0.6 is 0 Å². The molecular weight excluding hydrogens is 528 g/mol. The second-order valence-electron chi connectivity index (χ2n) is 10.6. The van der Waals surface area contributed by atoms with Gasteiger partial charge in [0.25, 0.3) is 0 Å². The SMILES string of the molecule is C#CC(O)(c1ccccc1)c1ccc(Oc2ccc(C3(c4ccccc4)C=Cc4c(ccc5ccccc45)O3)cc2)cc1. The average molecular weight is 557 g/mol. The van der Waals surface area contributed by atoms with E-state index in [0.29, 0.717) is 22.6 Å². The van der Waals surface area contributed by atoms with Crippen LogP contribution in [0.3, 0.4) is 0 Å². The summed E-state index contributed by atoms with van der Waals surface area (Å²) in [6.07, 6.45) is 10.1. The molecule has 0 bridgehead atoms. The maximum absolute atomic E-state index is 11.2. The number of rotatable bonds is 6. The zero-order valence-corrected chi connectivity index (χ0v) is 23.4. The van der Waals surface area contributed by atoms with E-state index in [1.165, 1.54) is 5.39 Å². The highest BCUT2D eigenvalue weighted by Crippen LogP contribution is 2.44. The molecule has 0 amide bonds. The van der Waals surface area contributed by atoms with Crippen LogP contribution in [0.1, 0.15) is 27.8 Å². The van der Waals surface area contributed by atoms with Gasteiger partial charge in [-0.2, -0.15) is 0 Å². The van der Waals surface area contributed by atoms with Crippen molar-refractivity contribution >= 4 is 16.8 Å². The highest BCUT2D eigenvalue weighted by molar-refractivity contribution is 5.94. The lowest BCUT2D eigenvalue weighted by atomic mass is 9.83. The van der Waals surface area contributed by atoms with Gasteiger partial charge in [-0.15, -0.1) is 6.42 Å². The third-order valence-corrected chi connectivity index (χ3v) is 8.08. The molecule has 0 saturated carbocycles. The van der Waals surface area contributed by atoms with Gasteiger partial charge in [0.1, 0.15) is 17.2 Å². The standard InChI is InChI=1S/C40H28O3/c1-2-39(41,30-12-5-3-6-13-30)31-18-22-34(23-19-31)42-35-24-20-33(21-25-35)40(32-14-7-4-8-15-32)28-27-37-36-16-10-9-11-29(36)17-26-38(37)43-40/h1,3-28,41H. The fourth-order valence-electron chi connectivity index (χ4n) is 5.79. The van der Waals surface area contributed by atoms with Gasteiger partial charge in [0.2, 0.25) is 0 Å². The molecule has 0 fully saturated rings. The molecule has 1 N–H and O–H groups in total. The summed E-state index contributed by atoms with van der Waals surface area (Å²) in [5.74, 6) is 4.70. The van der Waals surface area contributed by atoms with E-state index in [9.17, 15) is 5.11 Å². The molecule has 1 aliphatic rings. The second-order valence-corrected chi connectivity index (χ2v) is 10.6. The molecule has 43 heavy (non-hydrogen) atoms. The van der Waals surface area contributed by atoms with Crippen molar-refractivity contribution in [3.8, 4) is 29.6 Å². The first-order valence-corrected chi connectivity index (χ1v) is 14.2. The van der Waals surface area contributed by atoms with Crippen LogP contribution in [-0.2, 0) is 11.2 Å². The lowest BCUT2D eigenvalue weighted by Gasteiger charge is -2.36. The Hall–Kier alpha value is -5.56. The summed E-state index contributed by atoms with van der Waals surface area (Å²) in [4.78, 5) is 0. The largest absolute Gasteiger partial charge is 0.473 e.